The van der Waals surface area contributed by atoms with Crippen LogP contribution >= 0.6 is 11.6 Å². The van der Waals surface area contributed by atoms with Crippen LogP contribution in [-0.4, -0.2) is 4.57 Å². The Bertz CT molecular complexity index is 1290. The van der Waals surface area contributed by atoms with Crippen LogP contribution in [0.2, 0.25) is 5.02 Å². The van der Waals surface area contributed by atoms with Crippen molar-refractivity contribution in [3.63, 3.8) is 0 Å². The summed E-state index contributed by atoms with van der Waals surface area (Å²) in [5.74, 6) is 0. The van der Waals surface area contributed by atoms with Gasteiger partial charge in [0, 0.05) is 16.5 Å². The molecular formula is C24H17ClN2. The van der Waals surface area contributed by atoms with Crippen LogP contribution in [0, 0.1) is 0 Å². The van der Waals surface area contributed by atoms with E-state index in [1.165, 1.54) is 21.8 Å². The fourth-order valence-electron chi connectivity index (χ4n) is 3.71. The highest BCUT2D eigenvalue weighted by atomic mass is 35.5. The second-order valence-electron chi connectivity index (χ2n) is 6.66. The first-order valence-corrected chi connectivity index (χ1v) is 9.24. The molecule has 0 bridgehead atoms. The van der Waals surface area contributed by atoms with Crippen molar-refractivity contribution in [2.45, 2.75) is 0 Å². The Kier molecular flexibility index (Phi) is 3.66. The second kappa shape index (κ2) is 6.19. The van der Waals surface area contributed by atoms with Gasteiger partial charge in [-0.05, 0) is 53.6 Å². The van der Waals surface area contributed by atoms with E-state index in [1.54, 1.807) is 0 Å². The zero-order valence-corrected chi connectivity index (χ0v) is 15.3. The number of rotatable bonds is 2. The van der Waals surface area contributed by atoms with E-state index in [0.29, 0.717) is 10.7 Å². The molecule has 27 heavy (non-hydrogen) atoms. The van der Waals surface area contributed by atoms with Crippen molar-refractivity contribution < 1.29 is 0 Å². The molecule has 4 aromatic carbocycles. The molecule has 3 heteroatoms. The van der Waals surface area contributed by atoms with Crippen molar-refractivity contribution in [1.82, 2.24) is 4.57 Å². The van der Waals surface area contributed by atoms with Crippen molar-refractivity contribution in [3.8, 4) is 16.8 Å². The summed E-state index contributed by atoms with van der Waals surface area (Å²) in [5.41, 5.74) is 12.2. The van der Waals surface area contributed by atoms with Gasteiger partial charge >= 0.3 is 0 Å². The molecule has 1 aromatic heterocycles. The Balaban J connectivity index is 1.81. The maximum Gasteiger partial charge on any atom is 0.0641 e. The number of benzene rings is 4. The maximum absolute atomic E-state index is 6.23. The SMILES string of the molecule is Nc1ccc(-c2ccc3c(c2)c2ccccc2n3-c2ccccc2)cc1Cl. The minimum Gasteiger partial charge on any atom is -0.398 e. The summed E-state index contributed by atoms with van der Waals surface area (Å²) in [6.45, 7) is 0. The molecule has 5 rings (SSSR count). The third kappa shape index (κ3) is 2.57. The number of aromatic nitrogens is 1. The Labute approximate surface area is 162 Å². The Morgan fingerprint density at radius 3 is 2.11 bits per heavy atom. The van der Waals surface area contributed by atoms with Gasteiger partial charge in [0.15, 0.2) is 0 Å². The number of nitrogens with zero attached hydrogens (tertiary/aromatic N) is 1. The number of fused-ring (bicyclic) bond motifs is 3. The second-order valence-corrected chi connectivity index (χ2v) is 7.06. The smallest absolute Gasteiger partial charge is 0.0641 e. The van der Waals surface area contributed by atoms with Gasteiger partial charge in [-0.1, -0.05) is 60.1 Å². The summed E-state index contributed by atoms with van der Waals surface area (Å²) in [6.07, 6.45) is 0. The van der Waals surface area contributed by atoms with E-state index in [2.05, 4.69) is 71.3 Å². The number of anilines is 1. The van der Waals surface area contributed by atoms with Gasteiger partial charge in [-0.2, -0.15) is 0 Å². The summed E-state index contributed by atoms with van der Waals surface area (Å²) in [6, 6.07) is 31.3. The molecule has 130 valence electrons. The molecule has 2 N–H and O–H groups in total. The lowest BCUT2D eigenvalue weighted by Crippen LogP contribution is -1.92. The summed E-state index contributed by atoms with van der Waals surface area (Å²) in [5, 5.41) is 3.04. The number of hydrogen-bond acceptors (Lipinski definition) is 1. The third-order valence-electron chi connectivity index (χ3n) is 5.02. The monoisotopic (exact) mass is 368 g/mol. The van der Waals surface area contributed by atoms with Gasteiger partial charge in [-0.25, -0.2) is 0 Å². The molecule has 0 saturated carbocycles. The van der Waals surface area contributed by atoms with E-state index in [-0.39, 0.29) is 0 Å². The highest BCUT2D eigenvalue weighted by molar-refractivity contribution is 6.33. The lowest BCUT2D eigenvalue weighted by Gasteiger charge is -2.08. The molecule has 2 nitrogen and oxygen atoms in total. The molecule has 0 fully saturated rings. The van der Waals surface area contributed by atoms with Crippen LogP contribution in [-0.2, 0) is 0 Å². The normalized spacial score (nSPS) is 11.3. The van der Waals surface area contributed by atoms with E-state index >= 15 is 0 Å². The molecule has 5 aromatic rings. The first-order valence-electron chi connectivity index (χ1n) is 8.86. The topological polar surface area (TPSA) is 30.9 Å². The van der Waals surface area contributed by atoms with Crippen LogP contribution in [0.1, 0.15) is 0 Å². The van der Waals surface area contributed by atoms with Crippen LogP contribution in [0.4, 0.5) is 5.69 Å². The van der Waals surface area contributed by atoms with Gasteiger partial charge in [0.1, 0.15) is 0 Å². The molecule has 0 amide bonds. The van der Waals surface area contributed by atoms with Crippen molar-refractivity contribution in [2.24, 2.45) is 0 Å². The highest BCUT2D eigenvalue weighted by Crippen LogP contribution is 2.35. The predicted molar refractivity (Wildman–Crippen MR) is 116 cm³/mol. The minimum atomic E-state index is 0.583. The van der Waals surface area contributed by atoms with Crippen molar-refractivity contribution in [2.75, 3.05) is 5.73 Å². The number of nitrogens with two attached hydrogens (primary N) is 1. The molecule has 0 aliphatic rings. The Morgan fingerprint density at radius 2 is 1.30 bits per heavy atom. The molecule has 0 unspecified atom stereocenters. The highest BCUT2D eigenvalue weighted by Gasteiger charge is 2.13. The quantitative estimate of drug-likeness (QED) is 0.346. The summed E-state index contributed by atoms with van der Waals surface area (Å²) in [4.78, 5) is 0. The average molecular weight is 369 g/mol. The first-order chi connectivity index (χ1) is 13.2. The Hall–Kier alpha value is -3.23. The summed E-state index contributed by atoms with van der Waals surface area (Å²) < 4.78 is 2.31. The van der Waals surface area contributed by atoms with Crippen LogP contribution in [0.25, 0.3) is 38.6 Å². The Morgan fingerprint density at radius 1 is 0.630 bits per heavy atom. The van der Waals surface area contributed by atoms with E-state index in [9.17, 15) is 0 Å². The van der Waals surface area contributed by atoms with Gasteiger partial charge in [0.2, 0.25) is 0 Å². The van der Waals surface area contributed by atoms with Crippen LogP contribution < -0.4 is 5.73 Å². The van der Waals surface area contributed by atoms with Crippen LogP contribution in [0.15, 0.2) is 91.0 Å². The third-order valence-corrected chi connectivity index (χ3v) is 5.35. The van der Waals surface area contributed by atoms with Crippen molar-refractivity contribution in [1.29, 1.82) is 0 Å². The van der Waals surface area contributed by atoms with E-state index in [0.717, 1.165) is 16.8 Å². The predicted octanol–water partition coefficient (Wildman–Crippen LogP) is 6.69. The number of nitrogen functional groups attached to an aromatic ring is 1. The van der Waals surface area contributed by atoms with E-state index in [1.807, 2.05) is 24.3 Å². The average Bonchev–Trinajstić information content (AvgIpc) is 3.04. The molecule has 0 aliphatic heterocycles. The van der Waals surface area contributed by atoms with Crippen LogP contribution in [0.5, 0.6) is 0 Å². The fourth-order valence-corrected chi connectivity index (χ4v) is 3.89. The maximum atomic E-state index is 6.23. The molecule has 0 spiro atoms. The van der Waals surface area contributed by atoms with E-state index in [4.69, 9.17) is 17.3 Å². The standard InChI is InChI=1S/C24H17ClN2/c25-21-15-17(10-12-22(21)26)16-11-13-24-20(14-16)19-8-4-5-9-23(19)27(24)18-6-2-1-3-7-18/h1-15H,26H2. The number of hydrogen-bond donors (Lipinski definition) is 1. The lowest BCUT2D eigenvalue weighted by molar-refractivity contribution is 1.18. The zero-order chi connectivity index (χ0) is 18.4. The zero-order valence-electron chi connectivity index (χ0n) is 14.6. The molecule has 0 saturated heterocycles. The fraction of sp³-hybridized carbons (Fsp3) is 0. The van der Waals surface area contributed by atoms with Crippen molar-refractivity contribution >= 4 is 39.1 Å². The lowest BCUT2D eigenvalue weighted by atomic mass is 10.0. The number of halogens is 1. The molecule has 1 heterocycles. The van der Waals surface area contributed by atoms with Gasteiger partial charge < -0.3 is 10.3 Å². The summed E-state index contributed by atoms with van der Waals surface area (Å²) >= 11 is 6.23. The van der Waals surface area contributed by atoms with Gasteiger partial charge in [0.05, 0.1) is 21.7 Å². The van der Waals surface area contributed by atoms with Crippen molar-refractivity contribution in [3.05, 3.63) is 96.0 Å². The van der Waals surface area contributed by atoms with Gasteiger partial charge in [0.25, 0.3) is 0 Å². The minimum absolute atomic E-state index is 0.583. The van der Waals surface area contributed by atoms with Gasteiger partial charge in [-0.3, -0.25) is 0 Å². The van der Waals surface area contributed by atoms with E-state index < -0.39 is 0 Å². The molecule has 0 radical (unpaired) electrons. The van der Waals surface area contributed by atoms with Gasteiger partial charge in [-0.15, -0.1) is 0 Å². The number of para-hydroxylation sites is 2. The largest absolute Gasteiger partial charge is 0.398 e. The summed E-state index contributed by atoms with van der Waals surface area (Å²) in [7, 11) is 0. The molecular weight excluding hydrogens is 352 g/mol. The molecule has 0 aliphatic carbocycles. The van der Waals surface area contributed by atoms with Crippen LogP contribution in [0.3, 0.4) is 0 Å². The first kappa shape index (κ1) is 16.0. The molecule has 0 atom stereocenters.